The van der Waals surface area contributed by atoms with Gasteiger partial charge in [-0.05, 0) is 53.1 Å². The SMILES string of the molecule is CCNCC(C)(CCc1ccsc1)C(C)C. The van der Waals surface area contributed by atoms with Crippen molar-refractivity contribution < 1.29 is 0 Å². The third-order valence-corrected chi connectivity index (χ3v) is 4.47. The van der Waals surface area contributed by atoms with Gasteiger partial charge in [-0.2, -0.15) is 11.3 Å². The number of hydrogen-bond acceptors (Lipinski definition) is 2. The highest BCUT2D eigenvalue weighted by Gasteiger charge is 2.27. The minimum absolute atomic E-state index is 0.415. The molecule has 1 atom stereocenters. The van der Waals surface area contributed by atoms with Crippen LogP contribution in [0.2, 0.25) is 0 Å². The highest BCUT2D eigenvalue weighted by molar-refractivity contribution is 7.07. The fourth-order valence-corrected chi connectivity index (χ4v) is 2.56. The van der Waals surface area contributed by atoms with Gasteiger partial charge in [-0.15, -0.1) is 0 Å². The van der Waals surface area contributed by atoms with Crippen molar-refractivity contribution in [2.24, 2.45) is 11.3 Å². The number of thiophene rings is 1. The monoisotopic (exact) mass is 239 g/mol. The fraction of sp³-hybridized carbons (Fsp3) is 0.714. The molecule has 1 N–H and O–H groups in total. The first-order valence-electron chi connectivity index (χ1n) is 6.30. The van der Waals surface area contributed by atoms with Crippen molar-refractivity contribution in [3.8, 4) is 0 Å². The van der Waals surface area contributed by atoms with Crippen LogP contribution in [0.4, 0.5) is 0 Å². The van der Waals surface area contributed by atoms with Crippen LogP contribution in [0, 0.1) is 11.3 Å². The van der Waals surface area contributed by atoms with E-state index < -0.39 is 0 Å². The van der Waals surface area contributed by atoms with Crippen LogP contribution in [0.5, 0.6) is 0 Å². The minimum Gasteiger partial charge on any atom is -0.316 e. The lowest BCUT2D eigenvalue weighted by atomic mass is 9.75. The summed E-state index contributed by atoms with van der Waals surface area (Å²) in [6, 6.07) is 2.25. The van der Waals surface area contributed by atoms with Gasteiger partial charge in [0.05, 0.1) is 0 Å². The average Bonchev–Trinajstić information content (AvgIpc) is 2.76. The molecule has 1 unspecified atom stereocenters. The molecule has 0 aliphatic heterocycles. The Labute approximate surface area is 104 Å². The van der Waals surface area contributed by atoms with E-state index in [1.807, 2.05) is 0 Å². The maximum absolute atomic E-state index is 3.50. The Morgan fingerprint density at radius 1 is 1.44 bits per heavy atom. The third-order valence-electron chi connectivity index (χ3n) is 3.74. The van der Waals surface area contributed by atoms with E-state index in [0.717, 1.165) is 19.0 Å². The summed E-state index contributed by atoms with van der Waals surface area (Å²) in [5.74, 6) is 0.727. The van der Waals surface area contributed by atoms with Crippen LogP contribution in [-0.4, -0.2) is 13.1 Å². The van der Waals surface area contributed by atoms with Crippen LogP contribution in [-0.2, 0) is 6.42 Å². The summed E-state index contributed by atoms with van der Waals surface area (Å²) in [6.45, 7) is 11.5. The van der Waals surface area contributed by atoms with Gasteiger partial charge >= 0.3 is 0 Å². The standard InChI is InChI=1S/C14H25NS/c1-5-15-11-14(4,12(2)3)8-6-13-7-9-16-10-13/h7,9-10,12,15H,5-6,8,11H2,1-4H3. The van der Waals surface area contributed by atoms with Crippen LogP contribution in [0.3, 0.4) is 0 Å². The Bertz CT molecular complexity index is 279. The molecular weight excluding hydrogens is 214 g/mol. The molecule has 0 saturated heterocycles. The maximum atomic E-state index is 3.50. The lowest BCUT2D eigenvalue weighted by Gasteiger charge is -2.34. The third kappa shape index (κ3) is 3.91. The lowest BCUT2D eigenvalue weighted by Crippen LogP contribution is -2.36. The first-order chi connectivity index (χ1) is 7.58. The second-order valence-electron chi connectivity index (χ2n) is 5.22. The zero-order valence-corrected chi connectivity index (χ0v) is 11.9. The molecule has 0 saturated carbocycles. The Hall–Kier alpha value is -0.340. The summed E-state index contributed by atoms with van der Waals surface area (Å²) in [5, 5.41) is 7.95. The van der Waals surface area contributed by atoms with Crippen LogP contribution in [0.1, 0.15) is 39.7 Å². The lowest BCUT2D eigenvalue weighted by molar-refractivity contribution is 0.193. The van der Waals surface area contributed by atoms with E-state index in [4.69, 9.17) is 0 Å². The van der Waals surface area contributed by atoms with Crippen molar-refractivity contribution in [1.29, 1.82) is 0 Å². The maximum Gasteiger partial charge on any atom is 0.000761 e. The quantitative estimate of drug-likeness (QED) is 0.759. The first-order valence-corrected chi connectivity index (χ1v) is 7.24. The number of aryl methyl sites for hydroxylation is 1. The van der Waals surface area contributed by atoms with E-state index in [2.05, 4.69) is 49.8 Å². The summed E-state index contributed by atoms with van der Waals surface area (Å²) < 4.78 is 0. The Morgan fingerprint density at radius 3 is 2.69 bits per heavy atom. The summed E-state index contributed by atoms with van der Waals surface area (Å²) >= 11 is 1.80. The molecule has 0 spiro atoms. The second kappa shape index (κ2) is 6.41. The van der Waals surface area contributed by atoms with Gasteiger partial charge in [0.25, 0.3) is 0 Å². The van der Waals surface area contributed by atoms with Crippen LogP contribution in [0.15, 0.2) is 16.8 Å². The summed E-state index contributed by atoms with van der Waals surface area (Å²) in [7, 11) is 0. The van der Waals surface area contributed by atoms with Gasteiger partial charge < -0.3 is 5.32 Å². The van der Waals surface area contributed by atoms with Crippen LogP contribution >= 0.6 is 11.3 Å². The van der Waals surface area contributed by atoms with Crippen LogP contribution < -0.4 is 5.32 Å². The molecule has 1 rings (SSSR count). The first kappa shape index (κ1) is 13.7. The molecule has 0 aliphatic rings. The van der Waals surface area contributed by atoms with Gasteiger partial charge in [-0.25, -0.2) is 0 Å². The normalized spacial score (nSPS) is 15.3. The summed E-state index contributed by atoms with van der Waals surface area (Å²) in [4.78, 5) is 0. The predicted octanol–water partition coefficient (Wildman–Crippen LogP) is 3.95. The van der Waals surface area contributed by atoms with Gasteiger partial charge in [0.2, 0.25) is 0 Å². The zero-order chi connectivity index (χ0) is 12.0. The molecule has 1 nitrogen and oxygen atoms in total. The number of rotatable bonds is 7. The van der Waals surface area contributed by atoms with E-state index in [1.54, 1.807) is 11.3 Å². The van der Waals surface area contributed by atoms with Crippen LogP contribution in [0.25, 0.3) is 0 Å². The zero-order valence-electron chi connectivity index (χ0n) is 11.0. The van der Waals surface area contributed by atoms with Gasteiger partial charge in [-0.3, -0.25) is 0 Å². The molecule has 0 amide bonds. The second-order valence-corrected chi connectivity index (χ2v) is 6.00. The smallest absolute Gasteiger partial charge is 0.000761 e. The van der Waals surface area contributed by atoms with E-state index in [1.165, 1.54) is 18.4 Å². The Kier molecular flexibility index (Phi) is 5.50. The molecule has 1 aromatic heterocycles. The summed E-state index contributed by atoms with van der Waals surface area (Å²) in [5.41, 5.74) is 1.91. The number of hydrogen-bond donors (Lipinski definition) is 1. The fourth-order valence-electron chi connectivity index (χ4n) is 1.86. The van der Waals surface area contributed by atoms with Crippen molar-refractivity contribution in [1.82, 2.24) is 5.32 Å². The molecule has 0 aromatic carbocycles. The number of nitrogens with one attached hydrogen (secondary N) is 1. The van der Waals surface area contributed by atoms with Gasteiger partial charge in [0.1, 0.15) is 0 Å². The molecule has 0 bridgehead atoms. The molecule has 0 aliphatic carbocycles. The van der Waals surface area contributed by atoms with Crippen molar-refractivity contribution in [3.05, 3.63) is 22.4 Å². The van der Waals surface area contributed by atoms with E-state index in [-0.39, 0.29) is 0 Å². The molecule has 0 radical (unpaired) electrons. The Morgan fingerprint density at radius 2 is 2.19 bits per heavy atom. The predicted molar refractivity (Wildman–Crippen MR) is 74.1 cm³/mol. The summed E-state index contributed by atoms with van der Waals surface area (Å²) in [6.07, 6.45) is 2.48. The highest BCUT2D eigenvalue weighted by Crippen LogP contribution is 2.32. The largest absolute Gasteiger partial charge is 0.316 e. The molecule has 16 heavy (non-hydrogen) atoms. The van der Waals surface area contributed by atoms with Crippen molar-refractivity contribution in [2.75, 3.05) is 13.1 Å². The molecule has 92 valence electrons. The van der Waals surface area contributed by atoms with E-state index in [0.29, 0.717) is 5.41 Å². The highest BCUT2D eigenvalue weighted by atomic mass is 32.1. The molecule has 2 heteroatoms. The minimum atomic E-state index is 0.415. The van der Waals surface area contributed by atoms with Gasteiger partial charge in [0.15, 0.2) is 0 Å². The van der Waals surface area contributed by atoms with E-state index in [9.17, 15) is 0 Å². The average molecular weight is 239 g/mol. The molecule has 1 heterocycles. The molecule has 0 fully saturated rings. The van der Waals surface area contributed by atoms with E-state index >= 15 is 0 Å². The Balaban J connectivity index is 2.50. The van der Waals surface area contributed by atoms with Crippen molar-refractivity contribution >= 4 is 11.3 Å². The van der Waals surface area contributed by atoms with Gasteiger partial charge in [0, 0.05) is 6.54 Å². The molecular formula is C14H25NS. The molecule has 1 aromatic rings. The van der Waals surface area contributed by atoms with Gasteiger partial charge in [-0.1, -0.05) is 27.7 Å². The van der Waals surface area contributed by atoms with Crippen molar-refractivity contribution in [2.45, 2.75) is 40.5 Å². The van der Waals surface area contributed by atoms with Crippen molar-refractivity contribution in [3.63, 3.8) is 0 Å². The topological polar surface area (TPSA) is 12.0 Å².